The summed E-state index contributed by atoms with van der Waals surface area (Å²) in [6.07, 6.45) is -12.6. The molecule has 0 bridgehead atoms. The van der Waals surface area contributed by atoms with Crippen LogP contribution in [0.3, 0.4) is 0 Å². The Morgan fingerprint density at radius 1 is 1.18 bits per heavy atom. The summed E-state index contributed by atoms with van der Waals surface area (Å²) in [6.45, 7) is 2.65. The van der Waals surface area contributed by atoms with Crippen LogP contribution in [0.2, 0.25) is 0 Å². The van der Waals surface area contributed by atoms with Gasteiger partial charge in [0.25, 0.3) is 0 Å². The van der Waals surface area contributed by atoms with Crippen LogP contribution in [0.25, 0.3) is 0 Å². The van der Waals surface area contributed by atoms with Gasteiger partial charge in [-0.2, -0.15) is 26.3 Å². The van der Waals surface area contributed by atoms with E-state index in [1.807, 2.05) is 0 Å². The highest BCUT2D eigenvalue weighted by Gasteiger charge is 2.75. The van der Waals surface area contributed by atoms with E-state index in [0.29, 0.717) is 0 Å². The van der Waals surface area contributed by atoms with E-state index in [1.54, 1.807) is 0 Å². The maximum atomic E-state index is 12.3. The zero-order chi connectivity index (χ0) is 14.1. The second-order valence-corrected chi connectivity index (χ2v) is 4.47. The molecule has 0 aliphatic rings. The number of hydrogen-bond acceptors (Lipinski definition) is 2. The van der Waals surface area contributed by atoms with Crippen molar-refractivity contribution < 1.29 is 35.9 Å². The third kappa shape index (κ3) is 3.26. The standard InChI is InChI=1S/C8H9BrF6O2/c1-3-4(2)17-5(16)6(9,7(10,11)12)8(13,14)15/h4H,3H2,1-2H3/t4-/m0/s1. The summed E-state index contributed by atoms with van der Waals surface area (Å²) in [5.41, 5.74) is 0. The molecule has 0 aliphatic carbocycles. The van der Waals surface area contributed by atoms with E-state index < -0.39 is 28.8 Å². The highest BCUT2D eigenvalue weighted by atomic mass is 79.9. The van der Waals surface area contributed by atoms with Crippen molar-refractivity contribution in [2.75, 3.05) is 0 Å². The first-order valence-corrected chi connectivity index (χ1v) is 5.20. The molecule has 0 aromatic heterocycles. The Bertz CT molecular complexity index is 271. The fourth-order valence-corrected chi connectivity index (χ4v) is 0.833. The molecule has 0 rings (SSSR count). The molecule has 17 heavy (non-hydrogen) atoms. The lowest BCUT2D eigenvalue weighted by Crippen LogP contribution is -2.58. The Morgan fingerprint density at radius 3 is 1.76 bits per heavy atom. The quantitative estimate of drug-likeness (QED) is 0.449. The normalized spacial score (nSPS) is 15.6. The number of halogens is 7. The summed E-state index contributed by atoms with van der Waals surface area (Å²) in [5.74, 6) is -2.41. The van der Waals surface area contributed by atoms with Crippen LogP contribution in [0, 0.1) is 0 Å². The van der Waals surface area contributed by atoms with Crippen molar-refractivity contribution in [3.63, 3.8) is 0 Å². The zero-order valence-electron chi connectivity index (χ0n) is 8.75. The van der Waals surface area contributed by atoms with Gasteiger partial charge in [-0.3, -0.25) is 0 Å². The second kappa shape index (κ2) is 5.03. The van der Waals surface area contributed by atoms with Gasteiger partial charge in [-0.25, -0.2) is 4.79 Å². The van der Waals surface area contributed by atoms with E-state index in [1.165, 1.54) is 29.8 Å². The summed E-state index contributed by atoms with van der Waals surface area (Å²) in [4.78, 5) is 11.0. The van der Waals surface area contributed by atoms with Gasteiger partial charge in [0.05, 0.1) is 6.10 Å². The zero-order valence-corrected chi connectivity index (χ0v) is 10.3. The molecule has 0 unspecified atom stereocenters. The van der Waals surface area contributed by atoms with Crippen LogP contribution in [0.4, 0.5) is 26.3 Å². The van der Waals surface area contributed by atoms with E-state index >= 15 is 0 Å². The molecule has 0 saturated carbocycles. The molecule has 0 aromatic rings. The molecule has 2 nitrogen and oxygen atoms in total. The monoisotopic (exact) mass is 330 g/mol. The number of carbonyl (C=O) groups excluding carboxylic acids is 1. The van der Waals surface area contributed by atoms with Crippen LogP contribution in [-0.2, 0) is 9.53 Å². The van der Waals surface area contributed by atoms with Crippen LogP contribution in [-0.4, -0.2) is 28.8 Å². The van der Waals surface area contributed by atoms with Crippen molar-refractivity contribution >= 4 is 21.9 Å². The first-order chi connectivity index (χ1) is 7.38. The number of esters is 1. The highest BCUT2D eigenvalue weighted by molar-refractivity contribution is 9.10. The molecular formula is C8H9BrF6O2. The number of hydrogen-bond donors (Lipinski definition) is 0. The fraction of sp³-hybridized carbons (Fsp3) is 0.875. The molecule has 0 amide bonds. The minimum atomic E-state index is -5.84. The second-order valence-electron chi connectivity index (χ2n) is 3.28. The van der Waals surface area contributed by atoms with E-state index in [0.717, 1.165) is 0 Å². The maximum Gasteiger partial charge on any atom is 0.423 e. The molecule has 0 fully saturated rings. The van der Waals surface area contributed by atoms with Crippen LogP contribution in [0.5, 0.6) is 0 Å². The Morgan fingerprint density at radius 2 is 1.53 bits per heavy atom. The van der Waals surface area contributed by atoms with Crippen molar-refractivity contribution in [3.8, 4) is 0 Å². The summed E-state index contributed by atoms with van der Waals surface area (Å²) in [5, 5.41) is 0. The minimum Gasteiger partial charge on any atom is -0.461 e. The van der Waals surface area contributed by atoms with Crippen LogP contribution in [0.1, 0.15) is 20.3 Å². The molecule has 0 aliphatic heterocycles. The lowest BCUT2D eigenvalue weighted by Gasteiger charge is -2.30. The summed E-state index contributed by atoms with van der Waals surface area (Å²) < 4.78 is 73.4. The molecule has 1 atom stereocenters. The van der Waals surface area contributed by atoms with Crippen LogP contribution in [0.15, 0.2) is 0 Å². The average Bonchev–Trinajstić information content (AvgIpc) is 2.12. The first-order valence-electron chi connectivity index (χ1n) is 4.41. The van der Waals surface area contributed by atoms with E-state index in [-0.39, 0.29) is 6.42 Å². The molecule has 0 heterocycles. The van der Waals surface area contributed by atoms with Crippen LogP contribution >= 0.6 is 15.9 Å². The van der Waals surface area contributed by atoms with Gasteiger partial charge >= 0.3 is 22.6 Å². The number of rotatable bonds is 3. The number of ether oxygens (including phenoxy) is 1. The summed E-state index contributed by atoms with van der Waals surface area (Å²) in [6, 6.07) is 0. The van der Waals surface area contributed by atoms with Crippen molar-refractivity contribution in [2.45, 2.75) is 43.0 Å². The molecule has 102 valence electrons. The predicted molar refractivity (Wildman–Crippen MR) is 49.6 cm³/mol. The summed E-state index contributed by atoms with van der Waals surface area (Å²) >= 11 is 1.42. The predicted octanol–water partition coefficient (Wildman–Crippen LogP) is 3.59. The minimum absolute atomic E-state index is 0.102. The van der Waals surface area contributed by atoms with Gasteiger partial charge in [-0.15, -0.1) is 0 Å². The third-order valence-electron chi connectivity index (χ3n) is 1.95. The van der Waals surface area contributed by atoms with E-state index in [2.05, 4.69) is 4.74 Å². The molecule has 0 radical (unpaired) electrons. The smallest absolute Gasteiger partial charge is 0.423 e. The van der Waals surface area contributed by atoms with Gasteiger partial charge in [0.2, 0.25) is 0 Å². The van der Waals surface area contributed by atoms with Gasteiger partial charge in [-0.1, -0.05) is 22.9 Å². The molecule has 0 N–H and O–H groups in total. The molecule has 0 aromatic carbocycles. The Kier molecular flexibility index (Phi) is 4.89. The third-order valence-corrected chi connectivity index (χ3v) is 3.17. The first kappa shape index (κ1) is 16.5. The molecule has 0 spiro atoms. The average molecular weight is 331 g/mol. The molecular weight excluding hydrogens is 322 g/mol. The van der Waals surface area contributed by atoms with Gasteiger partial charge in [0, 0.05) is 0 Å². The van der Waals surface area contributed by atoms with E-state index in [4.69, 9.17) is 0 Å². The van der Waals surface area contributed by atoms with Gasteiger partial charge in [0.15, 0.2) is 0 Å². The van der Waals surface area contributed by atoms with Crippen molar-refractivity contribution in [1.29, 1.82) is 0 Å². The maximum absolute atomic E-state index is 12.3. The molecule has 9 heteroatoms. The fourth-order valence-electron chi connectivity index (χ4n) is 0.739. The van der Waals surface area contributed by atoms with Crippen LogP contribution < -0.4 is 0 Å². The van der Waals surface area contributed by atoms with Gasteiger partial charge in [-0.05, 0) is 13.3 Å². The topological polar surface area (TPSA) is 26.3 Å². The Balaban J connectivity index is 5.30. The van der Waals surface area contributed by atoms with Crippen molar-refractivity contribution in [1.82, 2.24) is 0 Å². The van der Waals surface area contributed by atoms with Crippen molar-refractivity contribution in [2.24, 2.45) is 0 Å². The lowest BCUT2D eigenvalue weighted by atomic mass is 10.1. The van der Waals surface area contributed by atoms with E-state index in [9.17, 15) is 31.1 Å². The van der Waals surface area contributed by atoms with Gasteiger partial charge in [0.1, 0.15) is 0 Å². The Labute approximate surface area is 101 Å². The highest BCUT2D eigenvalue weighted by Crippen LogP contribution is 2.50. The SMILES string of the molecule is CC[C@H](C)OC(=O)C(Br)(C(F)(F)F)C(F)(F)F. The van der Waals surface area contributed by atoms with Crippen molar-refractivity contribution in [3.05, 3.63) is 0 Å². The molecule has 0 saturated heterocycles. The lowest BCUT2D eigenvalue weighted by molar-refractivity contribution is -0.264. The number of carbonyl (C=O) groups is 1. The largest absolute Gasteiger partial charge is 0.461 e. The summed E-state index contributed by atoms with van der Waals surface area (Å²) in [7, 11) is 0. The number of alkyl halides is 7. The Hall–Kier alpha value is -0.470. The van der Waals surface area contributed by atoms with Gasteiger partial charge < -0.3 is 4.74 Å².